The monoisotopic (exact) mass is 510 g/mol. The number of hydrogen-bond acceptors (Lipinski definition) is 5. The molecular formula is C18H31IN4O3S. The van der Waals surface area contributed by atoms with Crippen LogP contribution in [0.3, 0.4) is 0 Å². The summed E-state index contributed by atoms with van der Waals surface area (Å²) in [7, 11) is -1.27. The lowest BCUT2D eigenvalue weighted by atomic mass is 9.87. The summed E-state index contributed by atoms with van der Waals surface area (Å²) in [6, 6.07) is 0. The number of aromatic nitrogens is 1. The van der Waals surface area contributed by atoms with E-state index >= 15 is 0 Å². The normalized spacial score (nSPS) is 21.7. The van der Waals surface area contributed by atoms with Gasteiger partial charge in [0.25, 0.3) is 0 Å². The summed E-state index contributed by atoms with van der Waals surface area (Å²) in [6.07, 6.45) is 5.51. The van der Waals surface area contributed by atoms with E-state index in [0.29, 0.717) is 19.6 Å². The number of sulfone groups is 1. The smallest absolute Gasteiger partial charge is 0.193 e. The minimum atomic E-state index is -3.03. The van der Waals surface area contributed by atoms with Gasteiger partial charge in [-0.3, -0.25) is 4.99 Å². The minimum absolute atomic E-state index is 0. The molecule has 2 fully saturated rings. The van der Waals surface area contributed by atoms with Crippen LogP contribution in [-0.2, 0) is 16.3 Å². The van der Waals surface area contributed by atoms with Crippen LogP contribution in [0.1, 0.15) is 49.1 Å². The first-order valence-corrected chi connectivity index (χ1v) is 11.1. The van der Waals surface area contributed by atoms with Gasteiger partial charge in [0, 0.05) is 32.2 Å². The molecule has 2 heterocycles. The zero-order valence-corrected chi connectivity index (χ0v) is 19.6. The molecule has 7 nitrogen and oxygen atoms in total. The highest BCUT2D eigenvalue weighted by molar-refractivity contribution is 14.0. The topological polar surface area (TPSA) is 87.8 Å². The summed E-state index contributed by atoms with van der Waals surface area (Å²) >= 11 is 0. The highest BCUT2D eigenvalue weighted by Gasteiger charge is 2.48. The number of guanidine groups is 1. The summed E-state index contributed by atoms with van der Waals surface area (Å²) in [5.74, 6) is 1.86. The minimum Gasteiger partial charge on any atom is -0.361 e. The molecule has 2 aliphatic rings. The zero-order chi connectivity index (χ0) is 18.8. The van der Waals surface area contributed by atoms with Crippen molar-refractivity contribution >= 4 is 39.8 Å². The summed E-state index contributed by atoms with van der Waals surface area (Å²) in [6.45, 7) is 5.65. The van der Waals surface area contributed by atoms with E-state index in [-0.39, 0.29) is 29.7 Å². The Morgan fingerprint density at radius 2 is 2.00 bits per heavy atom. The Morgan fingerprint density at radius 1 is 1.30 bits per heavy atom. The van der Waals surface area contributed by atoms with Gasteiger partial charge in [0.2, 0.25) is 0 Å². The molecule has 1 saturated heterocycles. The van der Waals surface area contributed by atoms with Crippen molar-refractivity contribution in [1.82, 2.24) is 15.4 Å². The predicted molar refractivity (Wildman–Crippen MR) is 118 cm³/mol. The second-order valence-corrected chi connectivity index (χ2v) is 10.0. The van der Waals surface area contributed by atoms with Crippen molar-refractivity contribution in [2.24, 2.45) is 4.99 Å². The standard InChI is InChI=1S/C18H30N4O3S.HI/c1-14-16(15(2)25-21-14)7-10-20-17(19-3)22-11-12-26(23,24)18(13-22)8-5-4-6-9-18;/h4-13H2,1-3H3,(H,19,20);1H. The Labute approximate surface area is 179 Å². The number of aryl methyl sites for hydroxylation is 2. The molecule has 0 atom stereocenters. The number of hydrogen-bond donors (Lipinski definition) is 1. The van der Waals surface area contributed by atoms with Gasteiger partial charge in [-0.25, -0.2) is 8.42 Å². The Balaban J connectivity index is 0.00000261. The highest BCUT2D eigenvalue weighted by Crippen LogP contribution is 2.38. The van der Waals surface area contributed by atoms with E-state index < -0.39 is 14.6 Å². The van der Waals surface area contributed by atoms with Gasteiger partial charge in [-0.15, -0.1) is 24.0 Å². The average Bonchev–Trinajstić information content (AvgIpc) is 2.94. The van der Waals surface area contributed by atoms with E-state index in [9.17, 15) is 8.42 Å². The second kappa shape index (κ2) is 9.11. The van der Waals surface area contributed by atoms with Crippen LogP contribution >= 0.6 is 24.0 Å². The molecule has 1 aliphatic heterocycles. The van der Waals surface area contributed by atoms with Crippen LogP contribution in [0.25, 0.3) is 0 Å². The quantitative estimate of drug-likeness (QED) is 0.382. The number of nitrogens with zero attached hydrogens (tertiary/aromatic N) is 3. The fraction of sp³-hybridized carbons (Fsp3) is 0.778. The molecule has 27 heavy (non-hydrogen) atoms. The lowest BCUT2D eigenvalue weighted by Crippen LogP contribution is -2.60. The fourth-order valence-corrected chi connectivity index (χ4v) is 6.47. The third-order valence-corrected chi connectivity index (χ3v) is 8.46. The molecule has 0 unspecified atom stereocenters. The van der Waals surface area contributed by atoms with Gasteiger partial charge in [0.15, 0.2) is 15.8 Å². The van der Waals surface area contributed by atoms with Crippen LogP contribution in [0.4, 0.5) is 0 Å². The van der Waals surface area contributed by atoms with Crippen LogP contribution in [0, 0.1) is 13.8 Å². The van der Waals surface area contributed by atoms with Crippen LogP contribution in [-0.4, -0.2) is 61.6 Å². The third kappa shape index (κ3) is 4.60. The molecule has 154 valence electrons. The SMILES string of the molecule is CN=C(NCCc1c(C)noc1C)N1CCS(=O)(=O)C2(CCCCC2)C1.I. The van der Waals surface area contributed by atoms with Gasteiger partial charge >= 0.3 is 0 Å². The molecule has 9 heteroatoms. The van der Waals surface area contributed by atoms with Crippen molar-refractivity contribution in [1.29, 1.82) is 0 Å². The molecule has 0 amide bonds. The Hall–Kier alpha value is -0.840. The molecule has 1 aliphatic carbocycles. The van der Waals surface area contributed by atoms with Gasteiger partial charge in [-0.05, 0) is 33.1 Å². The second-order valence-electron chi connectivity index (χ2n) is 7.51. The van der Waals surface area contributed by atoms with Crippen LogP contribution in [0.5, 0.6) is 0 Å². The number of rotatable bonds is 3. The summed E-state index contributed by atoms with van der Waals surface area (Å²) in [5, 5.41) is 7.38. The molecule has 1 N–H and O–H groups in total. The maximum atomic E-state index is 12.8. The fourth-order valence-electron chi connectivity index (χ4n) is 4.31. The first-order chi connectivity index (χ1) is 12.4. The van der Waals surface area contributed by atoms with Crippen molar-refractivity contribution in [3.63, 3.8) is 0 Å². The van der Waals surface area contributed by atoms with E-state index in [1.54, 1.807) is 7.05 Å². The molecule has 0 radical (unpaired) electrons. The molecule has 0 aromatic carbocycles. The van der Waals surface area contributed by atoms with Gasteiger partial charge in [0.1, 0.15) is 5.76 Å². The first kappa shape index (κ1) is 22.4. The molecule has 1 saturated carbocycles. The highest BCUT2D eigenvalue weighted by atomic mass is 127. The number of nitrogens with one attached hydrogen (secondary N) is 1. The maximum Gasteiger partial charge on any atom is 0.193 e. The van der Waals surface area contributed by atoms with Gasteiger partial charge in [0.05, 0.1) is 16.2 Å². The first-order valence-electron chi connectivity index (χ1n) is 9.48. The van der Waals surface area contributed by atoms with Crippen molar-refractivity contribution in [2.75, 3.05) is 32.4 Å². The molecule has 1 aromatic rings. The molecule has 1 spiro atoms. The van der Waals surface area contributed by atoms with E-state index in [0.717, 1.165) is 61.5 Å². The van der Waals surface area contributed by atoms with Crippen molar-refractivity contribution in [3.05, 3.63) is 17.0 Å². The number of halogens is 1. The average molecular weight is 510 g/mol. The van der Waals surface area contributed by atoms with Crippen molar-refractivity contribution in [3.8, 4) is 0 Å². The molecule has 3 rings (SSSR count). The van der Waals surface area contributed by atoms with E-state index in [4.69, 9.17) is 4.52 Å². The van der Waals surface area contributed by atoms with Crippen LogP contribution in [0.2, 0.25) is 0 Å². The third-order valence-electron chi connectivity index (χ3n) is 5.88. The Bertz CT molecular complexity index is 750. The lowest BCUT2D eigenvalue weighted by Gasteiger charge is -2.45. The Morgan fingerprint density at radius 3 is 2.59 bits per heavy atom. The zero-order valence-electron chi connectivity index (χ0n) is 16.5. The van der Waals surface area contributed by atoms with E-state index in [1.807, 2.05) is 13.8 Å². The summed E-state index contributed by atoms with van der Waals surface area (Å²) in [4.78, 5) is 6.52. The lowest BCUT2D eigenvalue weighted by molar-refractivity contribution is 0.274. The summed E-state index contributed by atoms with van der Waals surface area (Å²) in [5.41, 5.74) is 2.04. The largest absolute Gasteiger partial charge is 0.361 e. The number of aliphatic imine (C=N–C) groups is 1. The molecule has 1 aromatic heterocycles. The van der Waals surface area contributed by atoms with Crippen molar-refractivity contribution in [2.45, 2.75) is 57.1 Å². The van der Waals surface area contributed by atoms with Gasteiger partial charge in [-0.1, -0.05) is 24.4 Å². The predicted octanol–water partition coefficient (Wildman–Crippen LogP) is 2.46. The summed E-state index contributed by atoms with van der Waals surface area (Å²) < 4.78 is 30.1. The van der Waals surface area contributed by atoms with Crippen molar-refractivity contribution < 1.29 is 12.9 Å². The Kier molecular flexibility index (Phi) is 7.57. The molecular weight excluding hydrogens is 479 g/mol. The van der Waals surface area contributed by atoms with Gasteiger partial charge in [-0.2, -0.15) is 0 Å². The molecule has 0 bridgehead atoms. The van der Waals surface area contributed by atoms with Gasteiger partial charge < -0.3 is 14.7 Å². The maximum absolute atomic E-state index is 12.8. The van der Waals surface area contributed by atoms with E-state index in [2.05, 4.69) is 20.4 Å². The van der Waals surface area contributed by atoms with Crippen LogP contribution < -0.4 is 5.32 Å². The van der Waals surface area contributed by atoms with Crippen LogP contribution in [0.15, 0.2) is 9.52 Å². The van der Waals surface area contributed by atoms with E-state index in [1.165, 1.54) is 0 Å².